The fraction of sp³-hybridized carbons (Fsp3) is 0.208. The topological polar surface area (TPSA) is 82.7 Å². The maximum absolute atomic E-state index is 12.5. The largest absolute Gasteiger partial charge is 0.361 e. The number of carbonyl (C=O) groups excluding carboxylic acids is 1. The zero-order chi connectivity index (χ0) is 20.8. The lowest BCUT2D eigenvalue weighted by atomic mass is 10.1. The van der Waals surface area contributed by atoms with Crippen LogP contribution in [-0.2, 0) is 12.8 Å². The van der Waals surface area contributed by atoms with Gasteiger partial charge in [-0.2, -0.15) is 0 Å². The number of nitrogens with zero attached hydrogens (tertiary/aromatic N) is 2. The Balaban J connectivity index is 1.33. The molecule has 0 atom stereocenters. The Bertz CT molecular complexity index is 1140. The maximum atomic E-state index is 12.5. The number of aromatic amines is 1. The third-order valence-corrected chi connectivity index (χ3v) is 4.98. The molecule has 2 heterocycles. The van der Waals surface area contributed by atoms with Crippen molar-refractivity contribution in [3.8, 4) is 0 Å². The van der Waals surface area contributed by atoms with Crippen molar-refractivity contribution in [2.45, 2.75) is 19.8 Å². The van der Waals surface area contributed by atoms with Crippen molar-refractivity contribution < 1.29 is 4.79 Å². The Labute approximate surface area is 175 Å². The van der Waals surface area contributed by atoms with Gasteiger partial charge >= 0.3 is 0 Å². The third kappa shape index (κ3) is 4.84. The molecule has 2 aromatic heterocycles. The Kier molecular flexibility index (Phi) is 6.03. The van der Waals surface area contributed by atoms with Crippen molar-refractivity contribution in [2.24, 2.45) is 0 Å². The van der Waals surface area contributed by atoms with Crippen LogP contribution in [0.1, 0.15) is 27.3 Å². The minimum absolute atomic E-state index is 0.184. The number of amides is 1. The number of H-pyrrole nitrogens is 1. The van der Waals surface area contributed by atoms with Crippen molar-refractivity contribution in [3.63, 3.8) is 0 Å². The molecule has 0 aliphatic rings. The van der Waals surface area contributed by atoms with E-state index in [4.69, 9.17) is 0 Å². The molecule has 0 saturated carbocycles. The molecule has 0 spiro atoms. The number of carbonyl (C=O) groups is 1. The number of aromatic nitrogens is 3. The fourth-order valence-electron chi connectivity index (χ4n) is 3.47. The summed E-state index contributed by atoms with van der Waals surface area (Å²) in [5.41, 5.74) is 4.70. The van der Waals surface area contributed by atoms with Gasteiger partial charge in [0.25, 0.3) is 5.91 Å². The average Bonchev–Trinajstić information content (AvgIpc) is 3.17. The van der Waals surface area contributed by atoms with E-state index in [-0.39, 0.29) is 5.91 Å². The molecule has 0 fully saturated rings. The van der Waals surface area contributed by atoms with Crippen LogP contribution in [0.3, 0.4) is 0 Å². The monoisotopic (exact) mass is 399 g/mol. The molecule has 0 aliphatic heterocycles. The van der Waals surface area contributed by atoms with E-state index in [9.17, 15) is 4.79 Å². The molecule has 2 aromatic carbocycles. The summed E-state index contributed by atoms with van der Waals surface area (Å²) < 4.78 is 0. The van der Waals surface area contributed by atoms with E-state index in [0.29, 0.717) is 24.7 Å². The molecular formula is C24H25N5O. The summed E-state index contributed by atoms with van der Waals surface area (Å²) >= 11 is 0. The first kappa shape index (κ1) is 19.6. The first-order valence-electron chi connectivity index (χ1n) is 10.2. The third-order valence-electron chi connectivity index (χ3n) is 4.98. The summed E-state index contributed by atoms with van der Waals surface area (Å²) in [6, 6.07) is 20.0. The van der Waals surface area contributed by atoms with Crippen molar-refractivity contribution in [1.29, 1.82) is 0 Å². The van der Waals surface area contributed by atoms with E-state index in [2.05, 4.69) is 49.9 Å². The van der Waals surface area contributed by atoms with Crippen LogP contribution in [0.25, 0.3) is 10.9 Å². The molecular weight excluding hydrogens is 374 g/mol. The van der Waals surface area contributed by atoms with Gasteiger partial charge in [-0.05, 0) is 43.0 Å². The van der Waals surface area contributed by atoms with Crippen LogP contribution in [-0.4, -0.2) is 33.9 Å². The first-order valence-corrected chi connectivity index (χ1v) is 10.2. The number of fused-ring (bicyclic) bond motifs is 1. The van der Waals surface area contributed by atoms with Gasteiger partial charge in [0, 0.05) is 35.9 Å². The molecule has 3 N–H and O–H groups in total. The van der Waals surface area contributed by atoms with E-state index in [1.165, 1.54) is 16.5 Å². The molecule has 6 nitrogen and oxygen atoms in total. The zero-order valence-corrected chi connectivity index (χ0v) is 17.0. The number of hydrogen-bond donors (Lipinski definition) is 3. The van der Waals surface area contributed by atoms with E-state index in [0.717, 1.165) is 24.1 Å². The zero-order valence-electron chi connectivity index (χ0n) is 17.0. The molecule has 0 saturated heterocycles. The standard InChI is InChI=1S/C24H25N5O/c1-17-15-22(23(30)25-13-11-18-7-3-2-4-8-18)29-24(28-17)26-14-12-19-16-27-21-10-6-5-9-20(19)21/h2-10,15-16,27H,11-14H2,1H3,(H,25,30)(H,26,28,29). The van der Waals surface area contributed by atoms with Crippen LogP contribution in [0.4, 0.5) is 5.95 Å². The van der Waals surface area contributed by atoms with Gasteiger partial charge in [0.1, 0.15) is 5.69 Å². The lowest BCUT2D eigenvalue weighted by Gasteiger charge is -2.09. The van der Waals surface area contributed by atoms with Gasteiger partial charge in [0.15, 0.2) is 0 Å². The van der Waals surface area contributed by atoms with Gasteiger partial charge in [-0.15, -0.1) is 0 Å². The van der Waals surface area contributed by atoms with E-state index in [1.807, 2.05) is 43.5 Å². The molecule has 0 radical (unpaired) electrons. The predicted molar refractivity (Wildman–Crippen MR) is 120 cm³/mol. The minimum Gasteiger partial charge on any atom is -0.361 e. The highest BCUT2D eigenvalue weighted by atomic mass is 16.1. The average molecular weight is 399 g/mol. The molecule has 0 bridgehead atoms. The Morgan fingerprint density at radius 3 is 2.63 bits per heavy atom. The Morgan fingerprint density at radius 1 is 0.967 bits per heavy atom. The van der Waals surface area contributed by atoms with E-state index in [1.54, 1.807) is 6.07 Å². The molecule has 1 amide bonds. The van der Waals surface area contributed by atoms with Crippen LogP contribution in [0.2, 0.25) is 0 Å². The van der Waals surface area contributed by atoms with Crippen molar-refractivity contribution in [1.82, 2.24) is 20.3 Å². The summed E-state index contributed by atoms with van der Waals surface area (Å²) in [6.07, 6.45) is 3.65. The van der Waals surface area contributed by atoms with Crippen LogP contribution in [0.15, 0.2) is 66.9 Å². The highest BCUT2D eigenvalue weighted by molar-refractivity contribution is 5.92. The van der Waals surface area contributed by atoms with Gasteiger partial charge < -0.3 is 15.6 Å². The second kappa shape index (κ2) is 9.22. The van der Waals surface area contributed by atoms with Crippen molar-refractivity contribution in [2.75, 3.05) is 18.4 Å². The number of aryl methyl sites for hydroxylation is 1. The number of anilines is 1. The molecule has 6 heteroatoms. The van der Waals surface area contributed by atoms with Crippen molar-refractivity contribution in [3.05, 3.63) is 89.4 Å². The van der Waals surface area contributed by atoms with Crippen LogP contribution < -0.4 is 10.6 Å². The lowest BCUT2D eigenvalue weighted by molar-refractivity contribution is 0.0949. The number of rotatable bonds is 8. The molecule has 4 rings (SSSR count). The second-order valence-corrected chi connectivity index (χ2v) is 7.25. The summed E-state index contributed by atoms with van der Waals surface area (Å²) in [5, 5.41) is 7.41. The van der Waals surface area contributed by atoms with Gasteiger partial charge in [-0.1, -0.05) is 48.5 Å². The molecule has 0 aliphatic carbocycles. The highest BCUT2D eigenvalue weighted by Gasteiger charge is 2.10. The predicted octanol–water partition coefficient (Wildman–Crippen LogP) is 3.89. The minimum atomic E-state index is -0.184. The summed E-state index contributed by atoms with van der Waals surface area (Å²) in [7, 11) is 0. The van der Waals surface area contributed by atoms with Gasteiger partial charge in [-0.25, -0.2) is 9.97 Å². The fourth-order valence-corrected chi connectivity index (χ4v) is 3.47. The molecule has 152 valence electrons. The normalized spacial score (nSPS) is 10.8. The van der Waals surface area contributed by atoms with Crippen LogP contribution in [0, 0.1) is 6.92 Å². The van der Waals surface area contributed by atoms with E-state index >= 15 is 0 Å². The van der Waals surface area contributed by atoms with Gasteiger partial charge in [-0.3, -0.25) is 4.79 Å². The molecule has 4 aromatic rings. The van der Waals surface area contributed by atoms with Crippen molar-refractivity contribution >= 4 is 22.8 Å². The number of benzene rings is 2. The molecule has 0 unspecified atom stereocenters. The number of hydrogen-bond acceptors (Lipinski definition) is 4. The van der Waals surface area contributed by atoms with Crippen LogP contribution >= 0.6 is 0 Å². The quantitative estimate of drug-likeness (QED) is 0.420. The Hall–Kier alpha value is -3.67. The second-order valence-electron chi connectivity index (χ2n) is 7.25. The van der Waals surface area contributed by atoms with Crippen LogP contribution in [0.5, 0.6) is 0 Å². The maximum Gasteiger partial charge on any atom is 0.270 e. The Morgan fingerprint density at radius 2 is 1.77 bits per heavy atom. The smallest absolute Gasteiger partial charge is 0.270 e. The number of nitrogens with one attached hydrogen (secondary N) is 3. The summed E-state index contributed by atoms with van der Waals surface area (Å²) in [4.78, 5) is 24.6. The summed E-state index contributed by atoms with van der Waals surface area (Å²) in [5.74, 6) is 0.291. The van der Waals surface area contributed by atoms with Gasteiger partial charge in [0.05, 0.1) is 0 Å². The highest BCUT2D eigenvalue weighted by Crippen LogP contribution is 2.18. The first-order chi connectivity index (χ1) is 14.7. The molecule has 30 heavy (non-hydrogen) atoms. The van der Waals surface area contributed by atoms with E-state index < -0.39 is 0 Å². The SMILES string of the molecule is Cc1cc(C(=O)NCCc2ccccc2)nc(NCCc2c[nH]c3ccccc23)n1. The van der Waals surface area contributed by atoms with Gasteiger partial charge in [0.2, 0.25) is 5.95 Å². The number of para-hydroxylation sites is 1. The summed E-state index contributed by atoms with van der Waals surface area (Å²) in [6.45, 7) is 3.11. The lowest BCUT2D eigenvalue weighted by Crippen LogP contribution is -2.27.